The minimum atomic E-state index is -3.79. The van der Waals surface area contributed by atoms with Crippen molar-refractivity contribution in [2.24, 2.45) is 0 Å². The molecule has 1 atom stereocenters. The van der Waals surface area contributed by atoms with Gasteiger partial charge in [-0.05, 0) is 55.6 Å². The minimum Gasteiger partial charge on any atom is -0.313 e. The highest BCUT2D eigenvalue weighted by Gasteiger charge is 2.31. The number of aromatic nitrogens is 2. The van der Waals surface area contributed by atoms with Gasteiger partial charge in [0.05, 0.1) is 5.69 Å². The molecule has 140 valence electrons. The zero-order valence-corrected chi connectivity index (χ0v) is 16.5. The van der Waals surface area contributed by atoms with E-state index in [-0.39, 0.29) is 10.9 Å². The van der Waals surface area contributed by atoms with E-state index in [0.29, 0.717) is 10.7 Å². The second-order valence-corrected chi connectivity index (χ2v) is 8.84. The van der Waals surface area contributed by atoms with Crippen LogP contribution in [0, 0.1) is 0 Å². The monoisotopic (exact) mass is 401 g/mol. The van der Waals surface area contributed by atoms with E-state index >= 15 is 0 Å². The van der Waals surface area contributed by atoms with E-state index in [0.717, 1.165) is 36.0 Å². The van der Waals surface area contributed by atoms with Gasteiger partial charge in [0.2, 0.25) is 0 Å². The maximum atomic E-state index is 13.4. The minimum absolute atomic E-state index is 0.125. The molecule has 0 saturated carbocycles. The molecule has 27 heavy (non-hydrogen) atoms. The summed E-state index contributed by atoms with van der Waals surface area (Å²) in [6, 6.07) is 10.7. The maximum absolute atomic E-state index is 13.4. The maximum Gasteiger partial charge on any atom is 0.269 e. The van der Waals surface area contributed by atoms with Gasteiger partial charge in [-0.3, -0.25) is 4.98 Å². The molecule has 5 nitrogen and oxygen atoms in total. The third-order valence-electron chi connectivity index (χ3n) is 5.07. The Bertz CT molecular complexity index is 1080. The molecule has 3 aromatic rings. The summed E-state index contributed by atoms with van der Waals surface area (Å²) in [5.41, 5.74) is 3.44. The molecule has 0 amide bonds. The first kappa shape index (κ1) is 18.2. The van der Waals surface area contributed by atoms with E-state index in [1.165, 1.54) is 10.2 Å². The van der Waals surface area contributed by atoms with Crippen molar-refractivity contribution >= 4 is 21.6 Å². The van der Waals surface area contributed by atoms with Crippen LogP contribution in [0.15, 0.2) is 59.9 Å². The quantitative estimate of drug-likeness (QED) is 0.716. The van der Waals surface area contributed by atoms with Crippen molar-refractivity contribution < 1.29 is 8.42 Å². The number of benzene rings is 1. The van der Waals surface area contributed by atoms with Gasteiger partial charge in [-0.2, -0.15) is 0 Å². The molecule has 2 aromatic heterocycles. The van der Waals surface area contributed by atoms with Crippen LogP contribution in [0.1, 0.15) is 30.0 Å². The Balaban J connectivity index is 2.02. The number of pyridine rings is 1. The molecule has 0 saturated heterocycles. The van der Waals surface area contributed by atoms with E-state index in [1.807, 2.05) is 25.2 Å². The summed E-state index contributed by atoms with van der Waals surface area (Å²) in [7, 11) is -1.89. The van der Waals surface area contributed by atoms with Gasteiger partial charge < -0.3 is 5.32 Å². The highest BCUT2D eigenvalue weighted by Crippen LogP contribution is 2.41. The van der Waals surface area contributed by atoms with E-state index in [2.05, 4.69) is 10.3 Å². The van der Waals surface area contributed by atoms with Crippen LogP contribution in [0.25, 0.3) is 11.3 Å². The lowest BCUT2D eigenvalue weighted by Crippen LogP contribution is -2.20. The van der Waals surface area contributed by atoms with Gasteiger partial charge in [-0.25, -0.2) is 12.4 Å². The largest absolute Gasteiger partial charge is 0.313 e. The first-order chi connectivity index (χ1) is 13.0. The van der Waals surface area contributed by atoms with Gasteiger partial charge in [0.15, 0.2) is 0 Å². The van der Waals surface area contributed by atoms with Crippen LogP contribution in [0.5, 0.6) is 0 Å². The predicted octanol–water partition coefficient (Wildman–Crippen LogP) is 4.04. The summed E-state index contributed by atoms with van der Waals surface area (Å²) >= 11 is 6.46. The summed E-state index contributed by atoms with van der Waals surface area (Å²) < 4.78 is 28.2. The Labute approximate surface area is 164 Å². The Morgan fingerprint density at radius 1 is 1.22 bits per heavy atom. The zero-order valence-electron chi connectivity index (χ0n) is 14.9. The summed E-state index contributed by atoms with van der Waals surface area (Å²) in [6.07, 6.45) is 7.47. The second kappa shape index (κ2) is 7.11. The topological polar surface area (TPSA) is 64.0 Å². The van der Waals surface area contributed by atoms with Crippen LogP contribution >= 0.6 is 11.6 Å². The number of hydrogen-bond acceptors (Lipinski definition) is 4. The third-order valence-corrected chi connectivity index (χ3v) is 7.05. The van der Waals surface area contributed by atoms with Gasteiger partial charge >= 0.3 is 0 Å². The molecular formula is C20H20ClN3O2S. The molecule has 1 N–H and O–H groups in total. The SMILES string of the molecule is CNC1CCCc2c1cn(S(=O)(=O)c1cccnc1)c2-c1ccccc1Cl. The Morgan fingerprint density at radius 2 is 2.04 bits per heavy atom. The van der Waals surface area contributed by atoms with Crippen LogP contribution in [0.2, 0.25) is 5.02 Å². The van der Waals surface area contributed by atoms with Crippen molar-refractivity contribution in [1.29, 1.82) is 0 Å². The number of halogens is 1. The lowest BCUT2D eigenvalue weighted by molar-refractivity contribution is 0.499. The molecule has 1 aliphatic carbocycles. The molecule has 4 rings (SSSR count). The molecule has 0 radical (unpaired) electrons. The first-order valence-electron chi connectivity index (χ1n) is 8.86. The van der Waals surface area contributed by atoms with Crippen molar-refractivity contribution in [3.05, 3.63) is 71.1 Å². The Hall–Kier alpha value is -2.15. The van der Waals surface area contributed by atoms with Crippen LogP contribution in [-0.4, -0.2) is 24.4 Å². The Kier molecular flexibility index (Phi) is 4.80. The lowest BCUT2D eigenvalue weighted by atomic mass is 9.88. The van der Waals surface area contributed by atoms with Gasteiger partial charge in [-0.1, -0.05) is 29.8 Å². The van der Waals surface area contributed by atoms with Gasteiger partial charge in [0.1, 0.15) is 4.90 Å². The molecule has 0 aliphatic heterocycles. The zero-order chi connectivity index (χ0) is 19.0. The highest BCUT2D eigenvalue weighted by atomic mass is 35.5. The van der Waals surface area contributed by atoms with Crippen LogP contribution in [0.4, 0.5) is 0 Å². The van der Waals surface area contributed by atoms with E-state index in [1.54, 1.807) is 30.6 Å². The number of nitrogens with one attached hydrogen (secondary N) is 1. The molecule has 1 aliphatic rings. The summed E-state index contributed by atoms with van der Waals surface area (Å²) in [6.45, 7) is 0. The summed E-state index contributed by atoms with van der Waals surface area (Å²) in [5.74, 6) is 0. The van der Waals surface area contributed by atoms with Crippen LogP contribution in [-0.2, 0) is 16.4 Å². The molecule has 0 bridgehead atoms. The molecule has 1 aromatic carbocycles. The predicted molar refractivity (Wildman–Crippen MR) is 106 cm³/mol. The first-order valence-corrected chi connectivity index (χ1v) is 10.7. The number of nitrogens with zero attached hydrogens (tertiary/aromatic N) is 2. The van der Waals surface area contributed by atoms with Gasteiger partial charge in [-0.15, -0.1) is 0 Å². The average Bonchev–Trinajstić information content (AvgIpc) is 3.09. The van der Waals surface area contributed by atoms with Gasteiger partial charge in [0.25, 0.3) is 10.0 Å². The van der Waals surface area contributed by atoms with Crippen LogP contribution in [0.3, 0.4) is 0 Å². The number of hydrogen-bond donors (Lipinski definition) is 1. The third kappa shape index (κ3) is 3.08. The normalized spacial score (nSPS) is 16.9. The van der Waals surface area contributed by atoms with Gasteiger partial charge in [0, 0.05) is 35.2 Å². The standard InChI is InChI=1S/C20H20ClN3O2S/c1-22-19-10-4-8-15-17(19)13-24(20(15)16-7-2-3-9-18(16)21)27(25,26)14-6-5-11-23-12-14/h2-3,5-7,9,11-13,19,22H,4,8,10H2,1H3. The highest BCUT2D eigenvalue weighted by molar-refractivity contribution is 7.90. The fourth-order valence-corrected chi connectivity index (χ4v) is 5.38. The lowest BCUT2D eigenvalue weighted by Gasteiger charge is -2.22. The smallest absolute Gasteiger partial charge is 0.269 e. The van der Waals surface area contributed by atoms with Crippen molar-refractivity contribution in [2.45, 2.75) is 30.2 Å². The van der Waals surface area contributed by atoms with E-state index in [9.17, 15) is 8.42 Å². The fourth-order valence-electron chi connectivity index (χ4n) is 3.78. The molecule has 0 fully saturated rings. The van der Waals surface area contributed by atoms with Crippen molar-refractivity contribution in [2.75, 3.05) is 7.05 Å². The Morgan fingerprint density at radius 3 is 2.74 bits per heavy atom. The van der Waals surface area contributed by atoms with E-state index in [4.69, 9.17) is 11.6 Å². The molecule has 0 spiro atoms. The van der Waals surface area contributed by atoms with Crippen molar-refractivity contribution in [1.82, 2.24) is 14.3 Å². The number of fused-ring (bicyclic) bond motifs is 1. The fraction of sp³-hybridized carbons (Fsp3) is 0.250. The molecule has 7 heteroatoms. The summed E-state index contributed by atoms with van der Waals surface area (Å²) in [4.78, 5) is 4.14. The molecule has 1 unspecified atom stereocenters. The molecule has 2 heterocycles. The van der Waals surface area contributed by atoms with Crippen LogP contribution < -0.4 is 5.32 Å². The van der Waals surface area contributed by atoms with Crippen molar-refractivity contribution in [3.8, 4) is 11.3 Å². The number of rotatable bonds is 4. The molecular weight excluding hydrogens is 382 g/mol. The van der Waals surface area contributed by atoms with Crippen molar-refractivity contribution in [3.63, 3.8) is 0 Å². The summed E-state index contributed by atoms with van der Waals surface area (Å²) in [5, 5.41) is 3.84. The average molecular weight is 402 g/mol. The second-order valence-electron chi connectivity index (χ2n) is 6.61. The van der Waals surface area contributed by atoms with E-state index < -0.39 is 10.0 Å².